The van der Waals surface area contributed by atoms with E-state index in [-0.39, 0.29) is 18.9 Å². The van der Waals surface area contributed by atoms with Gasteiger partial charge in [-0.15, -0.1) is 0 Å². The Hall–Kier alpha value is -3.15. The van der Waals surface area contributed by atoms with Crippen LogP contribution in [0.3, 0.4) is 0 Å². The Morgan fingerprint density at radius 3 is 2.59 bits per heavy atom. The minimum atomic E-state index is -0.930. The van der Waals surface area contributed by atoms with Crippen LogP contribution in [0.15, 0.2) is 47.0 Å². The maximum absolute atomic E-state index is 12.2. The molecule has 6 heteroatoms. The van der Waals surface area contributed by atoms with Gasteiger partial charge in [-0.2, -0.15) is 0 Å². The average molecular weight is 366 g/mol. The summed E-state index contributed by atoms with van der Waals surface area (Å²) in [5.74, 6) is -1.27. The lowest BCUT2D eigenvalue weighted by molar-refractivity contribution is -0.141. The highest BCUT2D eigenvalue weighted by Crippen LogP contribution is 2.21. The minimum absolute atomic E-state index is 0.0702. The molecule has 2 aromatic carbocycles. The summed E-state index contributed by atoms with van der Waals surface area (Å²) in [5.41, 5.74) is 2.38. The molecule has 0 saturated heterocycles. The molecule has 1 atom stereocenters. The second-order valence-electron chi connectivity index (χ2n) is 6.66. The summed E-state index contributed by atoms with van der Waals surface area (Å²) in [4.78, 5) is 23.9. The van der Waals surface area contributed by atoms with E-state index < -0.39 is 11.9 Å². The largest absolute Gasteiger partial charge is 0.481 e. The van der Waals surface area contributed by atoms with Gasteiger partial charge in [0.05, 0.1) is 18.0 Å². The molecule has 0 radical (unpaired) electrons. The molecule has 6 nitrogen and oxygen atoms in total. The molecule has 0 fully saturated rings. The number of nitrogens with zero attached hydrogens (tertiary/aromatic N) is 1. The molecule has 3 rings (SSSR count). The van der Waals surface area contributed by atoms with Crippen LogP contribution in [0.1, 0.15) is 22.6 Å². The Morgan fingerprint density at radius 1 is 1.15 bits per heavy atom. The number of amides is 1. The zero-order valence-electron chi connectivity index (χ0n) is 15.4. The highest BCUT2D eigenvalue weighted by molar-refractivity contribution is 5.86. The summed E-state index contributed by atoms with van der Waals surface area (Å²) < 4.78 is 5.06. The average Bonchev–Trinajstić information content (AvgIpc) is 2.97. The molecule has 3 aromatic rings. The van der Waals surface area contributed by atoms with Crippen molar-refractivity contribution in [2.45, 2.75) is 26.7 Å². The summed E-state index contributed by atoms with van der Waals surface area (Å²) in [6, 6.07) is 13.7. The van der Waals surface area contributed by atoms with Crippen molar-refractivity contribution in [3.05, 3.63) is 65.0 Å². The monoisotopic (exact) mass is 366 g/mol. The van der Waals surface area contributed by atoms with Crippen LogP contribution < -0.4 is 5.32 Å². The number of aromatic nitrogens is 1. The van der Waals surface area contributed by atoms with Gasteiger partial charge in [-0.25, -0.2) is 0 Å². The highest BCUT2D eigenvalue weighted by Gasteiger charge is 2.21. The topological polar surface area (TPSA) is 92.4 Å². The Morgan fingerprint density at radius 2 is 1.89 bits per heavy atom. The lowest BCUT2D eigenvalue weighted by Crippen LogP contribution is -2.35. The Labute approximate surface area is 157 Å². The number of carbonyl (C=O) groups is 2. The number of hydrogen-bond acceptors (Lipinski definition) is 4. The zero-order chi connectivity index (χ0) is 19.4. The van der Waals surface area contributed by atoms with Gasteiger partial charge in [0.2, 0.25) is 5.91 Å². The maximum atomic E-state index is 12.2. The smallest absolute Gasteiger partial charge is 0.308 e. The van der Waals surface area contributed by atoms with Gasteiger partial charge in [-0.1, -0.05) is 47.6 Å². The van der Waals surface area contributed by atoms with Crippen molar-refractivity contribution in [1.82, 2.24) is 10.5 Å². The molecule has 140 valence electrons. The van der Waals surface area contributed by atoms with Crippen LogP contribution in [0.2, 0.25) is 0 Å². The number of aryl methyl sites for hydroxylation is 2. The van der Waals surface area contributed by atoms with Crippen LogP contribution in [0, 0.1) is 19.8 Å². The third kappa shape index (κ3) is 4.34. The third-order valence-corrected chi connectivity index (χ3v) is 4.76. The number of carbonyl (C=O) groups excluding carboxylic acids is 1. The van der Waals surface area contributed by atoms with E-state index >= 15 is 0 Å². The van der Waals surface area contributed by atoms with Crippen molar-refractivity contribution in [2.24, 2.45) is 5.92 Å². The van der Waals surface area contributed by atoms with Crippen LogP contribution >= 0.6 is 0 Å². The van der Waals surface area contributed by atoms with E-state index in [1.807, 2.05) is 42.5 Å². The lowest BCUT2D eigenvalue weighted by Gasteiger charge is -2.15. The van der Waals surface area contributed by atoms with Gasteiger partial charge >= 0.3 is 5.97 Å². The van der Waals surface area contributed by atoms with Crippen LogP contribution in [-0.4, -0.2) is 28.7 Å². The number of aliphatic carboxylic acids is 1. The van der Waals surface area contributed by atoms with E-state index in [2.05, 4.69) is 10.5 Å². The van der Waals surface area contributed by atoms with E-state index in [1.165, 1.54) is 0 Å². The number of hydrogen-bond donors (Lipinski definition) is 2. The summed E-state index contributed by atoms with van der Waals surface area (Å²) in [6.07, 6.45) is 0.476. The molecule has 0 bridgehead atoms. The van der Waals surface area contributed by atoms with Crippen LogP contribution in [0.25, 0.3) is 10.8 Å². The van der Waals surface area contributed by atoms with Crippen molar-refractivity contribution in [3.8, 4) is 0 Å². The Kier molecular flexibility index (Phi) is 5.54. The molecule has 1 amide bonds. The molecule has 27 heavy (non-hydrogen) atoms. The van der Waals surface area contributed by atoms with Crippen LogP contribution in [0.4, 0.5) is 0 Å². The standard InChI is InChI=1S/C21H22N2O4/c1-13-19(14(2)27-23-13)11-20(24)22-12-17(21(25)26)10-16-8-5-7-15-6-3-4-9-18(15)16/h3-9,17H,10-12H2,1-2H3,(H,22,24)(H,25,26). The maximum Gasteiger partial charge on any atom is 0.308 e. The molecule has 0 aliphatic rings. The van der Waals surface area contributed by atoms with E-state index in [0.29, 0.717) is 17.9 Å². The molecule has 0 spiro atoms. The first-order chi connectivity index (χ1) is 13.0. The Bertz CT molecular complexity index is 952. The number of rotatable bonds is 7. The van der Waals surface area contributed by atoms with E-state index in [4.69, 9.17) is 4.52 Å². The zero-order valence-corrected chi connectivity index (χ0v) is 15.4. The molecule has 0 saturated carbocycles. The Balaban J connectivity index is 1.67. The van der Waals surface area contributed by atoms with Gasteiger partial charge in [0.25, 0.3) is 0 Å². The van der Waals surface area contributed by atoms with E-state index in [0.717, 1.165) is 21.9 Å². The first kappa shape index (κ1) is 18.6. The molecular weight excluding hydrogens is 344 g/mol. The van der Waals surface area contributed by atoms with Gasteiger partial charge in [-0.05, 0) is 36.6 Å². The van der Waals surface area contributed by atoms with Gasteiger partial charge in [-0.3, -0.25) is 9.59 Å². The van der Waals surface area contributed by atoms with Crippen LogP contribution in [0.5, 0.6) is 0 Å². The number of fused-ring (bicyclic) bond motifs is 1. The predicted octanol–water partition coefficient (Wildman–Crippen LogP) is 3.05. The molecular formula is C21H22N2O4. The van der Waals surface area contributed by atoms with Crippen molar-refractivity contribution in [2.75, 3.05) is 6.54 Å². The summed E-state index contributed by atoms with van der Waals surface area (Å²) in [5, 5.41) is 18.3. The van der Waals surface area contributed by atoms with Crippen LogP contribution in [-0.2, 0) is 22.4 Å². The lowest BCUT2D eigenvalue weighted by atomic mass is 9.94. The minimum Gasteiger partial charge on any atom is -0.481 e. The van der Waals surface area contributed by atoms with Gasteiger partial charge in [0.1, 0.15) is 5.76 Å². The molecule has 1 unspecified atom stereocenters. The number of benzene rings is 2. The first-order valence-corrected chi connectivity index (χ1v) is 8.83. The second-order valence-corrected chi connectivity index (χ2v) is 6.66. The van der Waals surface area contributed by atoms with Crippen molar-refractivity contribution in [1.29, 1.82) is 0 Å². The van der Waals surface area contributed by atoms with Gasteiger partial charge < -0.3 is 14.9 Å². The summed E-state index contributed by atoms with van der Waals surface area (Å²) >= 11 is 0. The fourth-order valence-electron chi connectivity index (χ4n) is 3.20. The van der Waals surface area contributed by atoms with E-state index in [9.17, 15) is 14.7 Å². The molecule has 0 aliphatic carbocycles. The summed E-state index contributed by atoms with van der Waals surface area (Å²) in [6.45, 7) is 3.60. The first-order valence-electron chi connectivity index (χ1n) is 8.83. The van der Waals surface area contributed by atoms with Crippen molar-refractivity contribution < 1.29 is 19.2 Å². The van der Waals surface area contributed by atoms with Crippen molar-refractivity contribution in [3.63, 3.8) is 0 Å². The molecule has 1 heterocycles. The number of carboxylic acid groups (broad SMARTS) is 1. The fraction of sp³-hybridized carbons (Fsp3) is 0.286. The van der Waals surface area contributed by atoms with Crippen molar-refractivity contribution >= 4 is 22.6 Å². The molecule has 0 aliphatic heterocycles. The molecule has 2 N–H and O–H groups in total. The van der Waals surface area contributed by atoms with Gasteiger partial charge in [0, 0.05) is 12.1 Å². The normalized spacial score (nSPS) is 12.1. The molecule has 1 aromatic heterocycles. The highest BCUT2D eigenvalue weighted by atomic mass is 16.5. The second kappa shape index (κ2) is 8.03. The fourth-order valence-corrected chi connectivity index (χ4v) is 3.20. The van der Waals surface area contributed by atoms with E-state index in [1.54, 1.807) is 13.8 Å². The predicted molar refractivity (Wildman–Crippen MR) is 101 cm³/mol. The number of nitrogens with one attached hydrogen (secondary N) is 1. The SMILES string of the molecule is Cc1noc(C)c1CC(=O)NCC(Cc1cccc2ccccc12)C(=O)O. The van der Waals surface area contributed by atoms with Gasteiger partial charge in [0.15, 0.2) is 0 Å². The quantitative estimate of drug-likeness (QED) is 0.670. The summed E-state index contributed by atoms with van der Waals surface area (Å²) in [7, 11) is 0. The number of carboxylic acids is 1. The third-order valence-electron chi connectivity index (χ3n) is 4.76.